The van der Waals surface area contributed by atoms with Crippen LogP contribution in [0.2, 0.25) is 10.0 Å². The molecule has 0 saturated heterocycles. The lowest BCUT2D eigenvalue weighted by Gasteiger charge is -2.29. The molecule has 0 radical (unpaired) electrons. The Kier molecular flexibility index (Phi) is 4.58. The summed E-state index contributed by atoms with van der Waals surface area (Å²) in [5.41, 5.74) is 6.43. The highest BCUT2D eigenvalue weighted by Crippen LogP contribution is 2.29. The number of benzene rings is 1. The van der Waals surface area contributed by atoms with Crippen molar-refractivity contribution in [2.45, 2.75) is 38.6 Å². The number of nitrogens with two attached hydrogens (primary N) is 1. The number of amides is 1. The van der Waals surface area contributed by atoms with E-state index in [0.29, 0.717) is 27.2 Å². The average molecular weight is 301 g/mol. The Labute approximate surface area is 123 Å². The maximum absolute atomic E-state index is 12.2. The monoisotopic (exact) mass is 300 g/mol. The topological polar surface area (TPSA) is 55.1 Å². The van der Waals surface area contributed by atoms with Crippen LogP contribution in [0.15, 0.2) is 12.1 Å². The van der Waals surface area contributed by atoms with Crippen molar-refractivity contribution in [1.29, 1.82) is 0 Å². The minimum absolute atomic E-state index is 0.137. The molecule has 2 unspecified atom stereocenters. The van der Waals surface area contributed by atoms with Crippen molar-refractivity contribution < 1.29 is 4.79 Å². The number of rotatable bonds is 2. The maximum Gasteiger partial charge on any atom is 0.251 e. The number of nitrogen functional groups attached to an aromatic ring is 1. The standard InChI is InChI=1S/C14H18Cl2N2O/c1-8-4-2-3-5-12(8)18-14(19)9-6-10(15)13(17)11(16)7-9/h6-8,12H,2-5,17H2,1H3,(H,18,19). The summed E-state index contributed by atoms with van der Waals surface area (Å²) in [5, 5.41) is 3.69. The number of hydrogen-bond donors (Lipinski definition) is 2. The fourth-order valence-electron chi connectivity index (χ4n) is 2.50. The molecule has 0 bridgehead atoms. The van der Waals surface area contributed by atoms with E-state index in [1.165, 1.54) is 12.8 Å². The molecule has 0 aromatic heterocycles. The molecule has 1 aromatic carbocycles. The van der Waals surface area contributed by atoms with E-state index in [-0.39, 0.29) is 11.9 Å². The second-order valence-corrected chi connectivity index (χ2v) is 6.01. The van der Waals surface area contributed by atoms with Gasteiger partial charge in [-0.25, -0.2) is 0 Å². The highest BCUT2D eigenvalue weighted by Gasteiger charge is 2.23. The maximum atomic E-state index is 12.2. The van der Waals surface area contributed by atoms with Gasteiger partial charge >= 0.3 is 0 Å². The Morgan fingerprint density at radius 3 is 2.42 bits per heavy atom. The summed E-state index contributed by atoms with van der Waals surface area (Å²) in [5.74, 6) is 0.375. The van der Waals surface area contributed by atoms with Gasteiger partial charge in [0.15, 0.2) is 0 Å². The molecule has 0 heterocycles. The number of carbonyl (C=O) groups is 1. The van der Waals surface area contributed by atoms with Gasteiger partial charge in [-0.1, -0.05) is 43.0 Å². The molecule has 3 N–H and O–H groups in total. The van der Waals surface area contributed by atoms with E-state index < -0.39 is 0 Å². The highest BCUT2D eigenvalue weighted by molar-refractivity contribution is 6.39. The van der Waals surface area contributed by atoms with Crippen molar-refractivity contribution in [2.24, 2.45) is 5.92 Å². The molecule has 1 amide bonds. The van der Waals surface area contributed by atoms with Crippen molar-refractivity contribution in [3.05, 3.63) is 27.7 Å². The van der Waals surface area contributed by atoms with Gasteiger partial charge in [-0.2, -0.15) is 0 Å². The lowest BCUT2D eigenvalue weighted by molar-refractivity contribution is 0.0910. The van der Waals surface area contributed by atoms with Crippen LogP contribution in [0, 0.1) is 5.92 Å². The molecule has 2 rings (SSSR count). The van der Waals surface area contributed by atoms with Crippen LogP contribution in [0.1, 0.15) is 43.0 Å². The summed E-state index contributed by atoms with van der Waals surface area (Å²) in [6.45, 7) is 2.17. The first kappa shape index (κ1) is 14.5. The minimum atomic E-state index is -0.137. The summed E-state index contributed by atoms with van der Waals surface area (Å²) >= 11 is 11.9. The van der Waals surface area contributed by atoms with Crippen molar-refractivity contribution in [1.82, 2.24) is 5.32 Å². The number of hydrogen-bond acceptors (Lipinski definition) is 2. The van der Waals surface area contributed by atoms with E-state index >= 15 is 0 Å². The van der Waals surface area contributed by atoms with Gasteiger partial charge in [-0.05, 0) is 30.9 Å². The third-order valence-electron chi connectivity index (χ3n) is 3.77. The van der Waals surface area contributed by atoms with Gasteiger partial charge in [-0.3, -0.25) is 4.79 Å². The Morgan fingerprint density at radius 1 is 1.26 bits per heavy atom. The summed E-state index contributed by atoms with van der Waals surface area (Å²) < 4.78 is 0. The molecule has 5 heteroatoms. The van der Waals surface area contributed by atoms with E-state index in [1.54, 1.807) is 12.1 Å². The summed E-state index contributed by atoms with van der Waals surface area (Å²) in [6.07, 6.45) is 4.60. The van der Waals surface area contributed by atoms with Crippen molar-refractivity contribution >= 4 is 34.8 Å². The minimum Gasteiger partial charge on any atom is -0.396 e. The smallest absolute Gasteiger partial charge is 0.251 e. The zero-order valence-electron chi connectivity index (χ0n) is 10.9. The average Bonchev–Trinajstić information content (AvgIpc) is 2.38. The van der Waals surface area contributed by atoms with Crippen LogP contribution < -0.4 is 11.1 Å². The highest BCUT2D eigenvalue weighted by atomic mass is 35.5. The Bertz CT molecular complexity index is 467. The predicted molar refractivity (Wildman–Crippen MR) is 79.8 cm³/mol. The molecule has 1 aliphatic rings. The van der Waals surface area contributed by atoms with Crippen molar-refractivity contribution in [3.63, 3.8) is 0 Å². The van der Waals surface area contributed by atoms with Crippen LogP contribution in [0.5, 0.6) is 0 Å². The molecule has 1 aromatic rings. The van der Waals surface area contributed by atoms with Gasteiger partial charge in [-0.15, -0.1) is 0 Å². The third kappa shape index (κ3) is 3.34. The van der Waals surface area contributed by atoms with Gasteiger partial charge in [0.1, 0.15) is 0 Å². The largest absolute Gasteiger partial charge is 0.396 e. The van der Waals surface area contributed by atoms with Gasteiger partial charge < -0.3 is 11.1 Å². The zero-order valence-corrected chi connectivity index (χ0v) is 12.4. The van der Waals surface area contributed by atoms with Gasteiger partial charge in [0.05, 0.1) is 15.7 Å². The fourth-order valence-corrected chi connectivity index (χ4v) is 2.98. The molecule has 1 fully saturated rings. The number of anilines is 1. The SMILES string of the molecule is CC1CCCCC1NC(=O)c1cc(Cl)c(N)c(Cl)c1. The predicted octanol–water partition coefficient (Wildman–Crippen LogP) is 3.88. The van der Waals surface area contributed by atoms with Crippen LogP contribution in [0.3, 0.4) is 0 Å². The van der Waals surface area contributed by atoms with E-state index in [1.807, 2.05) is 0 Å². The number of halogens is 2. The Balaban J connectivity index is 2.11. The molecule has 1 aliphatic carbocycles. The van der Waals surface area contributed by atoms with Gasteiger partial charge in [0, 0.05) is 11.6 Å². The van der Waals surface area contributed by atoms with Crippen LogP contribution in [-0.2, 0) is 0 Å². The number of nitrogens with one attached hydrogen (secondary N) is 1. The van der Waals surface area contributed by atoms with Gasteiger partial charge in [0.2, 0.25) is 0 Å². The van der Waals surface area contributed by atoms with E-state index in [2.05, 4.69) is 12.2 Å². The first-order valence-corrected chi connectivity index (χ1v) is 7.30. The van der Waals surface area contributed by atoms with Crippen LogP contribution >= 0.6 is 23.2 Å². The fraction of sp³-hybridized carbons (Fsp3) is 0.500. The molecular formula is C14H18Cl2N2O. The summed E-state index contributed by atoms with van der Waals surface area (Å²) in [4.78, 5) is 12.2. The van der Waals surface area contributed by atoms with Crippen molar-refractivity contribution in [2.75, 3.05) is 5.73 Å². The molecular weight excluding hydrogens is 283 g/mol. The summed E-state index contributed by atoms with van der Waals surface area (Å²) in [7, 11) is 0. The van der Waals surface area contributed by atoms with E-state index in [9.17, 15) is 4.79 Å². The summed E-state index contributed by atoms with van der Waals surface area (Å²) in [6, 6.07) is 3.35. The first-order valence-electron chi connectivity index (χ1n) is 6.54. The lowest BCUT2D eigenvalue weighted by atomic mass is 9.86. The second-order valence-electron chi connectivity index (χ2n) is 5.20. The Morgan fingerprint density at radius 2 is 1.84 bits per heavy atom. The van der Waals surface area contributed by atoms with Crippen LogP contribution in [0.4, 0.5) is 5.69 Å². The van der Waals surface area contributed by atoms with Crippen molar-refractivity contribution in [3.8, 4) is 0 Å². The Hall–Kier alpha value is -0.930. The second kappa shape index (κ2) is 6.02. The third-order valence-corrected chi connectivity index (χ3v) is 4.39. The molecule has 0 spiro atoms. The molecule has 1 saturated carbocycles. The van der Waals surface area contributed by atoms with Crippen LogP contribution in [-0.4, -0.2) is 11.9 Å². The quantitative estimate of drug-likeness (QED) is 0.814. The zero-order chi connectivity index (χ0) is 14.0. The van der Waals surface area contributed by atoms with E-state index in [4.69, 9.17) is 28.9 Å². The molecule has 104 valence electrons. The van der Waals surface area contributed by atoms with Gasteiger partial charge in [0.25, 0.3) is 5.91 Å². The number of carbonyl (C=O) groups excluding carboxylic acids is 1. The normalized spacial score (nSPS) is 23.1. The molecule has 0 aliphatic heterocycles. The lowest BCUT2D eigenvalue weighted by Crippen LogP contribution is -2.41. The molecule has 3 nitrogen and oxygen atoms in total. The molecule has 2 atom stereocenters. The first-order chi connectivity index (χ1) is 8.99. The molecule has 19 heavy (non-hydrogen) atoms. The van der Waals surface area contributed by atoms with Crippen LogP contribution in [0.25, 0.3) is 0 Å². The van der Waals surface area contributed by atoms with E-state index in [0.717, 1.165) is 12.8 Å².